The van der Waals surface area contributed by atoms with Crippen LogP contribution in [0.1, 0.15) is 97.3 Å². The SMILES string of the molecule is CCCCCCCCCC1(C)CCCCC1. The molecule has 0 aromatic heterocycles. The van der Waals surface area contributed by atoms with E-state index in [-0.39, 0.29) is 0 Å². The zero-order valence-electron chi connectivity index (χ0n) is 11.7. The van der Waals surface area contributed by atoms with Crippen molar-refractivity contribution in [2.45, 2.75) is 97.3 Å². The van der Waals surface area contributed by atoms with E-state index in [0.29, 0.717) is 0 Å². The Morgan fingerprint density at radius 3 is 1.94 bits per heavy atom. The highest BCUT2D eigenvalue weighted by Gasteiger charge is 2.25. The lowest BCUT2D eigenvalue weighted by Gasteiger charge is -2.33. The largest absolute Gasteiger partial charge is 0.0654 e. The fourth-order valence-corrected chi connectivity index (χ4v) is 3.16. The molecule has 0 atom stereocenters. The van der Waals surface area contributed by atoms with E-state index < -0.39 is 0 Å². The van der Waals surface area contributed by atoms with Crippen LogP contribution in [0.15, 0.2) is 0 Å². The highest BCUT2D eigenvalue weighted by atomic mass is 14.3. The summed E-state index contributed by atoms with van der Waals surface area (Å²) < 4.78 is 0. The van der Waals surface area contributed by atoms with Gasteiger partial charge in [0, 0.05) is 0 Å². The first kappa shape index (κ1) is 14.1. The van der Waals surface area contributed by atoms with Gasteiger partial charge in [0.25, 0.3) is 0 Å². The van der Waals surface area contributed by atoms with Crippen molar-refractivity contribution in [3.8, 4) is 0 Å². The summed E-state index contributed by atoms with van der Waals surface area (Å²) in [4.78, 5) is 0. The number of unbranched alkanes of at least 4 members (excludes halogenated alkanes) is 6. The maximum absolute atomic E-state index is 2.53. The van der Waals surface area contributed by atoms with Gasteiger partial charge in [-0.25, -0.2) is 0 Å². The topological polar surface area (TPSA) is 0 Å². The number of hydrogen-bond acceptors (Lipinski definition) is 0. The van der Waals surface area contributed by atoms with E-state index in [0.717, 1.165) is 5.41 Å². The Labute approximate surface area is 103 Å². The van der Waals surface area contributed by atoms with Gasteiger partial charge in [0.1, 0.15) is 0 Å². The summed E-state index contributed by atoms with van der Waals surface area (Å²) in [5, 5.41) is 0. The first-order chi connectivity index (χ1) is 7.77. The fraction of sp³-hybridized carbons (Fsp3) is 1.00. The molecule has 0 N–H and O–H groups in total. The van der Waals surface area contributed by atoms with Crippen molar-refractivity contribution in [1.82, 2.24) is 0 Å². The van der Waals surface area contributed by atoms with Crippen LogP contribution in [0.4, 0.5) is 0 Å². The lowest BCUT2D eigenvalue weighted by atomic mass is 9.72. The molecule has 1 rings (SSSR count). The molecule has 0 aromatic carbocycles. The number of rotatable bonds is 8. The minimum Gasteiger partial charge on any atom is -0.0654 e. The molecule has 0 bridgehead atoms. The lowest BCUT2D eigenvalue weighted by Crippen LogP contribution is -2.19. The molecule has 0 heteroatoms. The van der Waals surface area contributed by atoms with E-state index in [1.54, 1.807) is 0 Å². The van der Waals surface area contributed by atoms with E-state index >= 15 is 0 Å². The van der Waals surface area contributed by atoms with Gasteiger partial charge in [0.15, 0.2) is 0 Å². The zero-order chi connectivity index (χ0) is 11.7. The Kier molecular flexibility index (Phi) is 7.16. The average Bonchev–Trinajstić information content (AvgIpc) is 2.29. The molecule has 0 amide bonds. The van der Waals surface area contributed by atoms with Crippen LogP contribution in [0.2, 0.25) is 0 Å². The van der Waals surface area contributed by atoms with Crippen molar-refractivity contribution in [1.29, 1.82) is 0 Å². The standard InChI is InChI=1S/C16H32/c1-3-4-5-6-7-8-10-13-16(2)14-11-9-12-15-16/h3-15H2,1-2H3. The third-order valence-electron chi connectivity index (χ3n) is 4.44. The summed E-state index contributed by atoms with van der Waals surface area (Å²) in [6, 6.07) is 0. The molecule has 0 nitrogen and oxygen atoms in total. The third kappa shape index (κ3) is 5.92. The van der Waals surface area contributed by atoms with Crippen molar-refractivity contribution in [3.05, 3.63) is 0 Å². The first-order valence-electron chi connectivity index (χ1n) is 7.77. The second kappa shape index (κ2) is 8.14. The van der Waals surface area contributed by atoms with E-state index in [4.69, 9.17) is 0 Å². The van der Waals surface area contributed by atoms with Crippen LogP contribution in [0.5, 0.6) is 0 Å². The third-order valence-corrected chi connectivity index (χ3v) is 4.44. The maximum Gasteiger partial charge on any atom is -0.0326 e. The Morgan fingerprint density at radius 1 is 0.750 bits per heavy atom. The smallest absolute Gasteiger partial charge is 0.0326 e. The summed E-state index contributed by atoms with van der Waals surface area (Å²) in [7, 11) is 0. The predicted octanol–water partition coefficient (Wildman–Crippen LogP) is 6.10. The molecule has 1 aliphatic rings. The van der Waals surface area contributed by atoms with Gasteiger partial charge in [0.05, 0.1) is 0 Å². The van der Waals surface area contributed by atoms with Gasteiger partial charge in [-0.05, 0) is 24.7 Å². The Balaban J connectivity index is 1.93. The van der Waals surface area contributed by atoms with Crippen LogP contribution < -0.4 is 0 Å². The molecule has 0 aromatic rings. The van der Waals surface area contributed by atoms with Crippen LogP contribution in [0, 0.1) is 5.41 Å². The van der Waals surface area contributed by atoms with E-state index in [2.05, 4.69) is 13.8 Å². The monoisotopic (exact) mass is 224 g/mol. The molecule has 96 valence electrons. The molecule has 0 unspecified atom stereocenters. The van der Waals surface area contributed by atoms with Gasteiger partial charge in [-0.3, -0.25) is 0 Å². The van der Waals surface area contributed by atoms with Gasteiger partial charge < -0.3 is 0 Å². The second-order valence-corrected chi connectivity index (χ2v) is 6.24. The lowest BCUT2D eigenvalue weighted by molar-refractivity contribution is 0.192. The molecular formula is C16H32. The quantitative estimate of drug-likeness (QED) is 0.437. The molecule has 0 heterocycles. The summed E-state index contributed by atoms with van der Waals surface area (Å²) in [5.41, 5.74) is 0.724. The highest BCUT2D eigenvalue weighted by Crippen LogP contribution is 2.39. The van der Waals surface area contributed by atoms with E-state index in [1.165, 1.54) is 83.5 Å². The van der Waals surface area contributed by atoms with Crippen molar-refractivity contribution < 1.29 is 0 Å². The number of hydrogen-bond donors (Lipinski definition) is 0. The van der Waals surface area contributed by atoms with Crippen LogP contribution in [-0.2, 0) is 0 Å². The maximum atomic E-state index is 2.53. The summed E-state index contributed by atoms with van der Waals surface area (Å²) in [6.45, 7) is 4.83. The first-order valence-corrected chi connectivity index (χ1v) is 7.77. The van der Waals surface area contributed by atoms with Gasteiger partial charge in [-0.1, -0.05) is 78.1 Å². The fourth-order valence-electron chi connectivity index (χ4n) is 3.16. The Morgan fingerprint density at radius 2 is 1.31 bits per heavy atom. The molecule has 1 saturated carbocycles. The van der Waals surface area contributed by atoms with Crippen LogP contribution in [0.3, 0.4) is 0 Å². The van der Waals surface area contributed by atoms with Gasteiger partial charge in [-0.15, -0.1) is 0 Å². The molecule has 0 saturated heterocycles. The normalized spacial score (nSPS) is 19.9. The van der Waals surface area contributed by atoms with Gasteiger partial charge >= 0.3 is 0 Å². The molecule has 0 radical (unpaired) electrons. The Hall–Kier alpha value is 0. The molecule has 0 aliphatic heterocycles. The molecule has 1 fully saturated rings. The van der Waals surface area contributed by atoms with Crippen LogP contribution >= 0.6 is 0 Å². The van der Waals surface area contributed by atoms with Crippen LogP contribution in [-0.4, -0.2) is 0 Å². The molecule has 1 aliphatic carbocycles. The van der Waals surface area contributed by atoms with Gasteiger partial charge in [0.2, 0.25) is 0 Å². The summed E-state index contributed by atoms with van der Waals surface area (Å²) >= 11 is 0. The highest BCUT2D eigenvalue weighted by molar-refractivity contribution is 4.78. The average molecular weight is 224 g/mol. The van der Waals surface area contributed by atoms with Crippen LogP contribution in [0.25, 0.3) is 0 Å². The summed E-state index contributed by atoms with van der Waals surface area (Å²) in [5.74, 6) is 0. The van der Waals surface area contributed by atoms with Gasteiger partial charge in [-0.2, -0.15) is 0 Å². The molecule has 16 heavy (non-hydrogen) atoms. The predicted molar refractivity (Wildman–Crippen MR) is 73.8 cm³/mol. The minimum atomic E-state index is 0.724. The second-order valence-electron chi connectivity index (χ2n) is 6.24. The molecular weight excluding hydrogens is 192 g/mol. The van der Waals surface area contributed by atoms with Crippen molar-refractivity contribution in [3.63, 3.8) is 0 Å². The van der Waals surface area contributed by atoms with Crippen molar-refractivity contribution in [2.75, 3.05) is 0 Å². The Bertz CT molecular complexity index is 153. The molecule has 0 spiro atoms. The minimum absolute atomic E-state index is 0.724. The van der Waals surface area contributed by atoms with Crippen molar-refractivity contribution >= 4 is 0 Å². The zero-order valence-corrected chi connectivity index (χ0v) is 11.7. The van der Waals surface area contributed by atoms with E-state index in [1.807, 2.05) is 0 Å². The van der Waals surface area contributed by atoms with Crippen molar-refractivity contribution in [2.24, 2.45) is 5.41 Å². The van der Waals surface area contributed by atoms with E-state index in [9.17, 15) is 0 Å². The summed E-state index contributed by atoms with van der Waals surface area (Å²) in [6.07, 6.45) is 19.2.